The fourth-order valence-corrected chi connectivity index (χ4v) is 2.20. The summed E-state index contributed by atoms with van der Waals surface area (Å²) in [5.41, 5.74) is 0.492. The van der Waals surface area contributed by atoms with Gasteiger partial charge in [-0.2, -0.15) is 0 Å². The van der Waals surface area contributed by atoms with E-state index in [9.17, 15) is 9.90 Å². The Kier molecular flexibility index (Phi) is 3.64. The molecule has 1 aromatic carbocycles. The summed E-state index contributed by atoms with van der Waals surface area (Å²) in [6.45, 7) is 0. The van der Waals surface area contributed by atoms with Crippen LogP contribution in [0.1, 0.15) is 29.6 Å². The largest absolute Gasteiger partial charge is 0.508 e. The Bertz CT molecular complexity index is 405. The second-order valence-electron chi connectivity index (χ2n) is 4.39. The highest BCUT2D eigenvalue weighted by molar-refractivity contribution is 5.94. The Morgan fingerprint density at radius 3 is 2.94 bits per heavy atom. The molecule has 0 spiro atoms. The van der Waals surface area contributed by atoms with Crippen LogP contribution in [0.25, 0.3) is 0 Å². The van der Waals surface area contributed by atoms with Gasteiger partial charge in [-0.05, 0) is 37.5 Å². The summed E-state index contributed by atoms with van der Waals surface area (Å²) in [5.74, 6) is -0.0264. The normalized spacial score (nSPS) is 23.6. The van der Waals surface area contributed by atoms with Crippen molar-refractivity contribution < 1.29 is 14.6 Å². The monoisotopic (exact) mass is 235 g/mol. The first kappa shape index (κ1) is 11.9. The van der Waals surface area contributed by atoms with E-state index in [2.05, 4.69) is 5.32 Å². The van der Waals surface area contributed by atoms with Crippen LogP contribution in [0, 0.1) is 0 Å². The third-order valence-corrected chi connectivity index (χ3v) is 3.16. The van der Waals surface area contributed by atoms with Crippen LogP contribution in [0.4, 0.5) is 0 Å². The van der Waals surface area contributed by atoms with Gasteiger partial charge in [0, 0.05) is 18.7 Å². The fourth-order valence-electron chi connectivity index (χ4n) is 2.20. The minimum atomic E-state index is -0.136. The zero-order chi connectivity index (χ0) is 12.3. The molecule has 0 heterocycles. The number of phenolic OH excluding ortho intramolecular Hbond substituents is 1. The molecule has 1 fully saturated rings. The maximum absolute atomic E-state index is 11.9. The van der Waals surface area contributed by atoms with Crippen molar-refractivity contribution in [2.24, 2.45) is 0 Å². The van der Waals surface area contributed by atoms with Crippen molar-refractivity contribution in [3.8, 4) is 5.75 Å². The summed E-state index contributed by atoms with van der Waals surface area (Å²) in [5, 5.41) is 12.3. The average molecular weight is 235 g/mol. The average Bonchev–Trinajstić information content (AvgIpc) is 2.77. The fraction of sp³-hybridized carbons (Fsp3) is 0.462. The lowest BCUT2D eigenvalue weighted by atomic mass is 10.1. The summed E-state index contributed by atoms with van der Waals surface area (Å²) in [4.78, 5) is 11.9. The molecule has 2 unspecified atom stereocenters. The van der Waals surface area contributed by atoms with Gasteiger partial charge in [-0.1, -0.05) is 6.07 Å². The van der Waals surface area contributed by atoms with Gasteiger partial charge >= 0.3 is 0 Å². The molecule has 1 saturated carbocycles. The number of phenols is 1. The highest BCUT2D eigenvalue weighted by Gasteiger charge is 2.25. The number of ether oxygens (including phenoxy) is 1. The Morgan fingerprint density at radius 1 is 1.47 bits per heavy atom. The van der Waals surface area contributed by atoms with Crippen molar-refractivity contribution in [3.63, 3.8) is 0 Å². The number of rotatable bonds is 3. The summed E-state index contributed by atoms with van der Waals surface area (Å²) >= 11 is 0. The molecule has 2 rings (SSSR count). The van der Waals surface area contributed by atoms with E-state index in [4.69, 9.17) is 4.74 Å². The van der Waals surface area contributed by atoms with E-state index >= 15 is 0 Å². The van der Waals surface area contributed by atoms with Crippen LogP contribution < -0.4 is 5.32 Å². The number of benzene rings is 1. The van der Waals surface area contributed by atoms with Crippen LogP contribution in [0.15, 0.2) is 24.3 Å². The highest BCUT2D eigenvalue weighted by atomic mass is 16.5. The van der Waals surface area contributed by atoms with Crippen molar-refractivity contribution in [2.75, 3.05) is 7.11 Å². The number of methoxy groups -OCH3 is 1. The molecule has 92 valence electrons. The third kappa shape index (κ3) is 2.97. The minimum absolute atomic E-state index is 0.110. The molecule has 4 nitrogen and oxygen atoms in total. The molecule has 0 aliphatic heterocycles. The number of hydrogen-bond acceptors (Lipinski definition) is 3. The van der Waals surface area contributed by atoms with Gasteiger partial charge in [0.2, 0.25) is 0 Å². The molecule has 0 saturated heterocycles. The molecular formula is C13H17NO3. The number of aromatic hydroxyl groups is 1. The molecule has 2 N–H and O–H groups in total. The quantitative estimate of drug-likeness (QED) is 0.838. The number of nitrogens with one attached hydrogen (secondary N) is 1. The molecule has 0 radical (unpaired) electrons. The molecular weight excluding hydrogens is 218 g/mol. The van der Waals surface area contributed by atoms with Crippen LogP contribution >= 0.6 is 0 Å². The lowest BCUT2D eigenvalue weighted by Crippen LogP contribution is -2.33. The first-order valence-electron chi connectivity index (χ1n) is 5.81. The molecule has 4 heteroatoms. The summed E-state index contributed by atoms with van der Waals surface area (Å²) in [6, 6.07) is 6.55. The van der Waals surface area contributed by atoms with Crippen LogP contribution in [-0.2, 0) is 4.74 Å². The van der Waals surface area contributed by atoms with Gasteiger partial charge in [-0.25, -0.2) is 0 Å². The van der Waals surface area contributed by atoms with Crippen LogP contribution in [0.5, 0.6) is 5.75 Å². The van der Waals surface area contributed by atoms with Crippen molar-refractivity contribution in [3.05, 3.63) is 29.8 Å². The predicted molar refractivity (Wildman–Crippen MR) is 64.0 cm³/mol. The number of carbonyl (C=O) groups excluding carboxylic acids is 1. The topological polar surface area (TPSA) is 58.6 Å². The summed E-state index contributed by atoms with van der Waals surface area (Å²) < 4.78 is 5.26. The van der Waals surface area contributed by atoms with Crippen molar-refractivity contribution in [2.45, 2.75) is 31.4 Å². The van der Waals surface area contributed by atoms with E-state index in [1.54, 1.807) is 25.3 Å². The highest BCUT2D eigenvalue weighted by Crippen LogP contribution is 2.22. The van der Waals surface area contributed by atoms with Gasteiger partial charge in [0.1, 0.15) is 5.75 Å². The van der Waals surface area contributed by atoms with Gasteiger partial charge in [0.05, 0.1) is 6.10 Å². The maximum atomic E-state index is 11.9. The van der Waals surface area contributed by atoms with E-state index in [-0.39, 0.29) is 23.8 Å². The SMILES string of the molecule is COC1CCC(NC(=O)c2cccc(O)c2)C1. The molecule has 1 amide bonds. The lowest BCUT2D eigenvalue weighted by molar-refractivity contribution is 0.0914. The minimum Gasteiger partial charge on any atom is -0.508 e. The van der Waals surface area contributed by atoms with Gasteiger partial charge in [0.25, 0.3) is 5.91 Å². The third-order valence-electron chi connectivity index (χ3n) is 3.16. The standard InChI is InChI=1S/C13H17NO3/c1-17-12-6-5-10(8-12)14-13(16)9-3-2-4-11(15)7-9/h2-4,7,10,12,15H,5-6,8H2,1H3,(H,14,16). The smallest absolute Gasteiger partial charge is 0.251 e. The van der Waals surface area contributed by atoms with Crippen LogP contribution in [-0.4, -0.2) is 30.3 Å². The maximum Gasteiger partial charge on any atom is 0.251 e. The summed E-state index contributed by atoms with van der Waals surface area (Å²) in [6.07, 6.45) is 3.05. The summed E-state index contributed by atoms with van der Waals surface area (Å²) in [7, 11) is 1.70. The number of carbonyl (C=O) groups is 1. The van der Waals surface area contributed by atoms with Gasteiger partial charge < -0.3 is 15.2 Å². The molecule has 1 aliphatic carbocycles. The molecule has 0 bridgehead atoms. The molecule has 2 atom stereocenters. The molecule has 1 aromatic rings. The zero-order valence-corrected chi connectivity index (χ0v) is 9.85. The second kappa shape index (κ2) is 5.19. The Morgan fingerprint density at radius 2 is 2.29 bits per heavy atom. The van der Waals surface area contributed by atoms with Gasteiger partial charge in [-0.3, -0.25) is 4.79 Å². The van der Waals surface area contributed by atoms with Gasteiger partial charge in [0.15, 0.2) is 0 Å². The first-order valence-corrected chi connectivity index (χ1v) is 5.81. The first-order chi connectivity index (χ1) is 8.19. The van der Waals surface area contributed by atoms with E-state index < -0.39 is 0 Å². The predicted octanol–water partition coefficient (Wildman–Crippen LogP) is 1.69. The van der Waals surface area contributed by atoms with Crippen LogP contribution in [0.3, 0.4) is 0 Å². The van der Waals surface area contributed by atoms with Crippen molar-refractivity contribution in [1.29, 1.82) is 0 Å². The second-order valence-corrected chi connectivity index (χ2v) is 4.39. The lowest BCUT2D eigenvalue weighted by Gasteiger charge is -2.13. The van der Waals surface area contributed by atoms with Crippen LogP contribution in [0.2, 0.25) is 0 Å². The zero-order valence-electron chi connectivity index (χ0n) is 9.85. The molecule has 1 aliphatic rings. The van der Waals surface area contributed by atoms with Gasteiger partial charge in [-0.15, -0.1) is 0 Å². The number of hydrogen-bond donors (Lipinski definition) is 2. The van der Waals surface area contributed by atoms with E-state index in [0.717, 1.165) is 19.3 Å². The van der Waals surface area contributed by atoms with E-state index in [1.807, 2.05) is 0 Å². The number of amides is 1. The molecule has 0 aromatic heterocycles. The van der Waals surface area contributed by atoms with E-state index in [0.29, 0.717) is 5.56 Å². The Balaban J connectivity index is 1.94. The van der Waals surface area contributed by atoms with Crippen molar-refractivity contribution in [1.82, 2.24) is 5.32 Å². The van der Waals surface area contributed by atoms with E-state index in [1.165, 1.54) is 6.07 Å². The Labute approximate surface area is 101 Å². The Hall–Kier alpha value is -1.55. The van der Waals surface area contributed by atoms with Crippen molar-refractivity contribution >= 4 is 5.91 Å². The molecule has 17 heavy (non-hydrogen) atoms.